The molecule has 1 aromatic heterocycles. The van der Waals surface area contributed by atoms with E-state index in [1.165, 1.54) is 32.5 Å². The van der Waals surface area contributed by atoms with E-state index in [1.807, 2.05) is 0 Å². The van der Waals surface area contributed by atoms with Crippen LogP contribution in [-0.2, 0) is 10.0 Å². The van der Waals surface area contributed by atoms with Gasteiger partial charge >= 0.3 is 0 Å². The highest BCUT2D eigenvalue weighted by atomic mass is 32.2. The molecule has 0 bridgehead atoms. The predicted octanol–water partition coefficient (Wildman–Crippen LogP) is 1.48. The van der Waals surface area contributed by atoms with Crippen molar-refractivity contribution >= 4 is 21.5 Å². The molecule has 0 unspecified atom stereocenters. The molecule has 2 aromatic rings. The zero-order valence-electron chi connectivity index (χ0n) is 11.5. The van der Waals surface area contributed by atoms with Crippen molar-refractivity contribution < 1.29 is 17.9 Å². The van der Waals surface area contributed by atoms with Gasteiger partial charge in [0.15, 0.2) is 0 Å². The molecule has 1 heterocycles. The molecule has 3 N–H and O–H groups in total. The molecule has 0 saturated carbocycles. The van der Waals surface area contributed by atoms with Gasteiger partial charge in [-0.3, -0.25) is 4.72 Å². The second kappa shape index (κ2) is 5.88. The molecular weight excluding hydrogens is 294 g/mol. The largest absolute Gasteiger partial charge is 0.497 e. The molecule has 0 radical (unpaired) electrons. The zero-order chi connectivity index (χ0) is 15.5. The van der Waals surface area contributed by atoms with E-state index in [2.05, 4.69) is 9.71 Å². The van der Waals surface area contributed by atoms with Crippen molar-refractivity contribution in [3.63, 3.8) is 0 Å². The quantitative estimate of drug-likeness (QED) is 0.867. The minimum Gasteiger partial charge on any atom is -0.497 e. The second-order valence-electron chi connectivity index (χ2n) is 4.06. The van der Waals surface area contributed by atoms with Crippen LogP contribution in [0.25, 0.3) is 0 Å². The lowest BCUT2D eigenvalue weighted by Gasteiger charge is -2.13. The maximum Gasteiger partial charge on any atom is 0.265 e. The van der Waals surface area contributed by atoms with Crippen molar-refractivity contribution in [1.82, 2.24) is 4.98 Å². The third kappa shape index (κ3) is 3.16. The number of benzene rings is 1. The van der Waals surface area contributed by atoms with Crippen molar-refractivity contribution in [2.45, 2.75) is 4.90 Å². The molecule has 1 aromatic carbocycles. The predicted molar refractivity (Wildman–Crippen MR) is 79.0 cm³/mol. The number of nitrogen functional groups attached to an aromatic ring is 1. The van der Waals surface area contributed by atoms with Gasteiger partial charge in [0.25, 0.3) is 10.0 Å². The monoisotopic (exact) mass is 309 g/mol. The first-order valence-electron chi connectivity index (χ1n) is 5.93. The van der Waals surface area contributed by atoms with Gasteiger partial charge in [0, 0.05) is 12.3 Å². The summed E-state index contributed by atoms with van der Waals surface area (Å²) in [6, 6.07) is 7.61. The van der Waals surface area contributed by atoms with Crippen LogP contribution in [0.15, 0.2) is 41.4 Å². The van der Waals surface area contributed by atoms with E-state index in [1.54, 1.807) is 18.2 Å². The first-order valence-corrected chi connectivity index (χ1v) is 7.41. The van der Waals surface area contributed by atoms with Crippen LogP contribution in [0.1, 0.15) is 0 Å². The summed E-state index contributed by atoms with van der Waals surface area (Å²) in [7, 11) is -0.910. The van der Waals surface area contributed by atoms with Gasteiger partial charge in [0.1, 0.15) is 22.2 Å². The van der Waals surface area contributed by atoms with Crippen LogP contribution in [0.2, 0.25) is 0 Å². The Hall–Kier alpha value is -2.48. The number of methoxy groups -OCH3 is 2. The summed E-state index contributed by atoms with van der Waals surface area (Å²) in [5.74, 6) is 0.813. The SMILES string of the molecule is COc1ccc(NS(=O)(=O)c2cccnc2N)c(OC)c1. The molecular formula is C13H15N3O4S. The standard InChI is InChI=1S/C13H15N3O4S/c1-19-9-5-6-10(11(8-9)20-2)16-21(17,18)12-4-3-7-15-13(12)14/h3-8,16H,1-2H3,(H2,14,15). The summed E-state index contributed by atoms with van der Waals surface area (Å²) in [5, 5.41) is 0. The topological polar surface area (TPSA) is 104 Å². The van der Waals surface area contributed by atoms with Gasteiger partial charge in [-0.1, -0.05) is 0 Å². The fourth-order valence-electron chi connectivity index (χ4n) is 1.71. The number of nitrogens with two attached hydrogens (primary N) is 1. The number of nitrogens with zero attached hydrogens (tertiary/aromatic N) is 1. The molecule has 0 aliphatic heterocycles. The summed E-state index contributed by atoms with van der Waals surface area (Å²) >= 11 is 0. The third-order valence-electron chi connectivity index (χ3n) is 2.74. The number of rotatable bonds is 5. The van der Waals surface area contributed by atoms with E-state index < -0.39 is 10.0 Å². The van der Waals surface area contributed by atoms with Crippen LogP contribution in [0.4, 0.5) is 11.5 Å². The van der Waals surface area contributed by atoms with Gasteiger partial charge in [-0.25, -0.2) is 13.4 Å². The Morgan fingerprint density at radius 1 is 1.19 bits per heavy atom. The second-order valence-corrected chi connectivity index (χ2v) is 5.71. The van der Waals surface area contributed by atoms with Crippen LogP contribution < -0.4 is 19.9 Å². The average molecular weight is 309 g/mol. The van der Waals surface area contributed by atoms with Gasteiger partial charge in [-0.05, 0) is 24.3 Å². The lowest BCUT2D eigenvalue weighted by Crippen LogP contribution is -2.16. The fraction of sp³-hybridized carbons (Fsp3) is 0.154. The Morgan fingerprint density at radius 2 is 1.95 bits per heavy atom. The van der Waals surface area contributed by atoms with Gasteiger partial charge in [-0.15, -0.1) is 0 Å². The number of pyridine rings is 1. The van der Waals surface area contributed by atoms with Gasteiger partial charge in [0.2, 0.25) is 0 Å². The molecule has 0 atom stereocenters. The van der Waals surface area contributed by atoms with Crippen molar-refractivity contribution in [1.29, 1.82) is 0 Å². The van der Waals surface area contributed by atoms with Crippen molar-refractivity contribution in [2.24, 2.45) is 0 Å². The number of hydrogen-bond donors (Lipinski definition) is 2. The Morgan fingerprint density at radius 3 is 2.57 bits per heavy atom. The zero-order valence-corrected chi connectivity index (χ0v) is 12.3. The minimum absolute atomic E-state index is 0.0718. The highest BCUT2D eigenvalue weighted by Crippen LogP contribution is 2.31. The van der Waals surface area contributed by atoms with E-state index in [4.69, 9.17) is 15.2 Å². The van der Waals surface area contributed by atoms with Gasteiger partial charge in [-0.2, -0.15) is 0 Å². The van der Waals surface area contributed by atoms with Crippen molar-refractivity contribution in [3.8, 4) is 11.5 Å². The summed E-state index contributed by atoms with van der Waals surface area (Å²) in [6.45, 7) is 0. The first kappa shape index (κ1) is 14.9. The van der Waals surface area contributed by atoms with Crippen LogP contribution in [0.5, 0.6) is 11.5 Å². The molecule has 0 fully saturated rings. The van der Waals surface area contributed by atoms with Crippen molar-refractivity contribution in [2.75, 3.05) is 24.7 Å². The molecule has 0 aliphatic rings. The van der Waals surface area contributed by atoms with E-state index in [-0.39, 0.29) is 16.4 Å². The number of aromatic nitrogens is 1. The Balaban J connectivity index is 2.40. The number of hydrogen-bond acceptors (Lipinski definition) is 6. The molecule has 0 spiro atoms. The van der Waals surface area contributed by atoms with E-state index >= 15 is 0 Å². The van der Waals surface area contributed by atoms with E-state index in [0.29, 0.717) is 11.5 Å². The Labute approximate surface area is 122 Å². The Kier molecular flexibility index (Phi) is 4.18. The minimum atomic E-state index is -3.85. The molecule has 2 rings (SSSR count). The van der Waals surface area contributed by atoms with Gasteiger partial charge in [0.05, 0.1) is 19.9 Å². The number of ether oxygens (including phenoxy) is 2. The number of nitrogens with one attached hydrogen (secondary N) is 1. The first-order chi connectivity index (χ1) is 9.97. The van der Waals surface area contributed by atoms with E-state index in [0.717, 1.165) is 0 Å². The summed E-state index contributed by atoms with van der Waals surface area (Å²) in [6.07, 6.45) is 1.42. The molecule has 112 valence electrons. The Bertz CT molecular complexity index is 747. The lowest BCUT2D eigenvalue weighted by molar-refractivity contribution is 0.395. The van der Waals surface area contributed by atoms with Crippen LogP contribution in [-0.4, -0.2) is 27.6 Å². The highest BCUT2D eigenvalue weighted by Gasteiger charge is 2.20. The van der Waals surface area contributed by atoms with Crippen molar-refractivity contribution in [3.05, 3.63) is 36.5 Å². The average Bonchev–Trinajstić information content (AvgIpc) is 2.47. The molecule has 8 heteroatoms. The highest BCUT2D eigenvalue weighted by molar-refractivity contribution is 7.92. The summed E-state index contributed by atoms with van der Waals surface area (Å²) < 4.78 is 37.3. The summed E-state index contributed by atoms with van der Waals surface area (Å²) in [5.41, 5.74) is 5.87. The molecule has 0 aliphatic carbocycles. The number of anilines is 2. The van der Waals surface area contributed by atoms with E-state index in [9.17, 15) is 8.42 Å². The molecule has 21 heavy (non-hydrogen) atoms. The normalized spacial score (nSPS) is 11.0. The third-order valence-corrected chi connectivity index (χ3v) is 4.16. The molecule has 0 saturated heterocycles. The molecule has 7 nitrogen and oxygen atoms in total. The smallest absolute Gasteiger partial charge is 0.265 e. The fourth-order valence-corrected chi connectivity index (χ4v) is 2.87. The van der Waals surface area contributed by atoms with Crippen LogP contribution >= 0.6 is 0 Å². The number of sulfonamides is 1. The molecule has 0 amide bonds. The van der Waals surface area contributed by atoms with Gasteiger partial charge < -0.3 is 15.2 Å². The summed E-state index contributed by atoms with van der Waals surface area (Å²) in [4.78, 5) is 3.67. The maximum absolute atomic E-state index is 12.3. The maximum atomic E-state index is 12.3. The van der Waals surface area contributed by atoms with Crippen LogP contribution in [0.3, 0.4) is 0 Å². The lowest BCUT2D eigenvalue weighted by atomic mass is 10.3. The van der Waals surface area contributed by atoms with Crippen LogP contribution in [0, 0.1) is 0 Å².